The number of hydrogen-bond donors (Lipinski definition) is 2. The zero-order valence-electron chi connectivity index (χ0n) is 10.8. The summed E-state index contributed by atoms with van der Waals surface area (Å²) in [5.41, 5.74) is 12.0. The van der Waals surface area contributed by atoms with Crippen LogP contribution >= 0.6 is 15.9 Å². The number of nitrogens with two attached hydrogens (primary N) is 1. The van der Waals surface area contributed by atoms with Crippen LogP contribution in [0.3, 0.4) is 0 Å². The summed E-state index contributed by atoms with van der Waals surface area (Å²) in [6, 6.07) is 10.0. The molecule has 3 rings (SSSR count). The third-order valence-corrected chi connectivity index (χ3v) is 3.83. The molecule has 0 aliphatic rings. The van der Waals surface area contributed by atoms with E-state index in [-0.39, 0.29) is 0 Å². The molecule has 1 aromatic heterocycles. The number of nitrogen functional groups attached to an aromatic ring is 1. The van der Waals surface area contributed by atoms with Crippen molar-refractivity contribution in [1.82, 2.24) is 9.97 Å². The van der Waals surface area contributed by atoms with Crippen molar-refractivity contribution in [2.75, 3.05) is 5.73 Å². The number of aromatic nitrogens is 2. The number of fused-ring (bicyclic) bond motifs is 1. The Morgan fingerprint density at radius 3 is 2.68 bits per heavy atom. The molecule has 0 aliphatic carbocycles. The number of rotatable bonds is 1. The van der Waals surface area contributed by atoms with Crippen LogP contribution in [0.5, 0.6) is 0 Å². The number of imidazole rings is 1. The van der Waals surface area contributed by atoms with Crippen LogP contribution in [0, 0.1) is 13.8 Å². The molecule has 0 spiro atoms. The Hall–Kier alpha value is -1.81. The minimum absolute atomic E-state index is 0.735. The van der Waals surface area contributed by atoms with Crippen LogP contribution in [0.4, 0.5) is 5.69 Å². The molecule has 0 radical (unpaired) electrons. The van der Waals surface area contributed by atoms with E-state index in [1.807, 2.05) is 18.2 Å². The van der Waals surface area contributed by atoms with Gasteiger partial charge in [-0.1, -0.05) is 6.07 Å². The minimum atomic E-state index is 0.735. The van der Waals surface area contributed by atoms with Gasteiger partial charge >= 0.3 is 0 Å². The smallest absolute Gasteiger partial charge is 0.139 e. The summed E-state index contributed by atoms with van der Waals surface area (Å²) in [5, 5.41) is 0. The third kappa shape index (κ3) is 2.12. The molecular formula is C15H14BrN3. The van der Waals surface area contributed by atoms with Crippen molar-refractivity contribution in [3.05, 3.63) is 45.9 Å². The maximum atomic E-state index is 5.76. The van der Waals surface area contributed by atoms with Gasteiger partial charge in [0.1, 0.15) is 5.82 Å². The Balaban J connectivity index is 2.23. The number of hydrogen-bond acceptors (Lipinski definition) is 2. The van der Waals surface area contributed by atoms with Crippen molar-refractivity contribution in [2.24, 2.45) is 0 Å². The standard InChI is InChI=1S/C15H14BrN3/c1-8-5-9(2)14-13(6-8)18-15(19-14)11-4-3-10(17)7-12(11)16/h3-7H,17H2,1-2H3,(H,18,19). The average Bonchev–Trinajstić information content (AvgIpc) is 2.72. The van der Waals surface area contributed by atoms with E-state index in [4.69, 9.17) is 5.73 Å². The van der Waals surface area contributed by atoms with E-state index in [2.05, 4.69) is 51.9 Å². The molecule has 0 saturated heterocycles. The Labute approximate surface area is 120 Å². The van der Waals surface area contributed by atoms with Gasteiger partial charge in [-0.2, -0.15) is 0 Å². The number of aryl methyl sites for hydroxylation is 2. The summed E-state index contributed by atoms with van der Waals surface area (Å²) >= 11 is 3.53. The predicted molar refractivity (Wildman–Crippen MR) is 83.1 cm³/mol. The van der Waals surface area contributed by atoms with E-state index in [0.29, 0.717) is 0 Å². The van der Waals surface area contributed by atoms with E-state index in [9.17, 15) is 0 Å². The first-order valence-corrected chi connectivity index (χ1v) is 6.86. The van der Waals surface area contributed by atoms with Gasteiger partial charge in [-0.3, -0.25) is 0 Å². The molecule has 3 nitrogen and oxygen atoms in total. The van der Waals surface area contributed by atoms with Crippen LogP contribution in [-0.4, -0.2) is 9.97 Å². The van der Waals surface area contributed by atoms with Gasteiger partial charge in [0, 0.05) is 15.7 Å². The van der Waals surface area contributed by atoms with Crippen LogP contribution in [0.25, 0.3) is 22.4 Å². The monoisotopic (exact) mass is 315 g/mol. The number of nitrogens with one attached hydrogen (secondary N) is 1. The largest absolute Gasteiger partial charge is 0.399 e. The molecule has 0 amide bonds. The van der Waals surface area contributed by atoms with Gasteiger partial charge < -0.3 is 10.7 Å². The maximum absolute atomic E-state index is 5.76. The topological polar surface area (TPSA) is 54.7 Å². The summed E-state index contributed by atoms with van der Waals surface area (Å²) in [6.07, 6.45) is 0. The van der Waals surface area contributed by atoms with E-state index in [0.717, 1.165) is 32.6 Å². The fourth-order valence-electron chi connectivity index (χ4n) is 2.32. The summed E-state index contributed by atoms with van der Waals surface area (Å²) < 4.78 is 0.945. The zero-order chi connectivity index (χ0) is 13.6. The number of benzene rings is 2. The van der Waals surface area contributed by atoms with Gasteiger partial charge in [0.05, 0.1) is 11.0 Å². The second-order valence-electron chi connectivity index (χ2n) is 4.80. The molecule has 0 bridgehead atoms. The first-order valence-electron chi connectivity index (χ1n) is 6.07. The molecule has 0 aliphatic heterocycles. The first-order chi connectivity index (χ1) is 9.04. The summed E-state index contributed by atoms with van der Waals surface area (Å²) in [4.78, 5) is 8.06. The van der Waals surface area contributed by atoms with Crippen molar-refractivity contribution in [3.63, 3.8) is 0 Å². The van der Waals surface area contributed by atoms with Gasteiger partial charge in [0.25, 0.3) is 0 Å². The van der Waals surface area contributed by atoms with Gasteiger partial charge in [-0.05, 0) is 65.2 Å². The molecule has 0 unspecified atom stereocenters. The Morgan fingerprint density at radius 2 is 1.95 bits per heavy atom. The zero-order valence-corrected chi connectivity index (χ0v) is 12.4. The summed E-state index contributed by atoms with van der Waals surface area (Å²) in [5.74, 6) is 0.857. The Kier molecular flexibility index (Phi) is 2.82. The van der Waals surface area contributed by atoms with Crippen molar-refractivity contribution in [1.29, 1.82) is 0 Å². The Bertz CT molecular complexity index is 774. The lowest BCUT2D eigenvalue weighted by molar-refractivity contribution is 1.32. The van der Waals surface area contributed by atoms with Crippen molar-refractivity contribution < 1.29 is 0 Å². The second kappa shape index (κ2) is 4.38. The van der Waals surface area contributed by atoms with Crippen LogP contribution in [0.1, 0.15) is 11.1 Å². The fourth-order valence-corrected chi connectivity index (χ4v) is 2.91. The predicted octanol–water partition coefficient (Wildman–Crippen LogP) is 4.19. The minimum Gasteiger partial charge on any atom is -0.399 e. The van der Waals surface area contributed by atoms with Crippen molar-refractivity contribution in [3.8, 4) is 11.4 Å². The van der Waals surface area contributed by atoms with Crippen LogP contribution < -0.4 is 5.73 Å². The summed E-state index contributed by atoms with van der Waals surface area (Å²) in [6.45, 7) is 4.17. The molecule has 2 aromatic carbocycles. The first kappa shape index (κ1) is 12.2. The van der Waals surface area contributed by atoms with E-state index < -0.39 is 0 Å². The van der Waals surface area contributed by atoms with Gasteiger partial charge in [-0.15, -0.1) is 0 Å². The Morgan fingerprint density at radius 1 is 1.16 bits per heavy atom. The molecular weight excluding hydrogens is 302 g/mol. The highest BCUT2D eigenvalue weighted by Crippen LogP contribution is 2.30. The second-order valence-corrected chi connectivity index (χ2v) is 5.66. The van der Waals surface area contributed by atoms with Crippen molar-refractivity contribution in [2.45, 2.75) is 13.8 Å². The van der Waals surface area contributed by atoms with Gasteiger partial charge in [-0.25, -0.2) is 4.98 Å². The quantitative estimate of drug-likeness (QED) is 0.661. The van der Waals surface area contributed by atoms with Crippen LogP contribution in [-0.2, 0) is 0 Å². The van der Waals surface area contributed by atoms with Gasteiger partial charge in [0.15, 0.2) is 0 Å². The maximum Gasteiger partial charge on any atom is 0.139 e. The van der Waals surface area contributed by atoms with Crippen LogP contribution in [0.2, 0.25) is 0 Å². The molecule has 4 heteroatoms. The molecule has 3 aromatic rings. The SMILES string of the molecule is Cc1cc(C)c2nc(-c3ccc(N)cc3Br)[nH]c2c1. The number of halogens is 1. The third-order valence-electron chi connectivity index (χ3n) is 3.17. The highest BCUT2D eigenvalue weighted by molar-refractivity contribution is 9.10. The van der Waals surface area contributed by atoms with E-state index in [1.165, 1.54) is 11.1 Å². The molecule has 96 valence electrons. The lowest BCUT2D eigenvalue weighted by Gasteiger charge is -2.01. The highest BCUT2D eigenvalue weighted by atomic mass is 79.9. The van der Waals surface area contributed by atoms with Crippen molar-refractivity contribution >= 4 is 32.7 Å². The number of aromatic amines is 1. The molecule has 19 heavy (non-hydrogen) atoms. The summed E-state index contributed by atoms with van der Waals surface area (Å²) in [7, 11) is 0. The van der Waals surface area contributed by atoms with E-state index >= 15 is 0 Å². The normalized spacial score (nSPS) is 11.1. The van der Waals surface area contributed by atoms with E-state index in [1.54, 1.807) is 0 Å². The van der Waals surface area contributed by atoms with Gasteiger partial charge in [0.2, 0.25) is 0 Å². The molecule has 0 atom stereocenters. The molecule has 0 fully saturated rings. The lowest BCUT2D eigenvalue weighted by atomic mass is 10.1. The number of H-pyrrole nitrogens is 1. The highest BCUT2D eigenvalue weighted by Gasteiger charge is 2.10. The lowest BCUT2D eigenvalue weighted by Crippen LogP contribution is -1.87. The van der Waals surface area contributed by atoms with Crippen LogP contribution in [0.15, 0.2) is 34.8 Å². The fraction of sp³-hybridized carbons (Fsp3) is 0.133. The molecule has 1 heterocycles. The number of nitrogens with zero attached hydrogens (tertiary/aromatic N) is 1. The molecule has 0 saturated carbocycles. The number of anilines is 1. The molecule has 3 N–H and O–H groups in total. The average molecular weight is 316 g/mol.